The van der Waals surface area contributed by atoms with Gasteiger partial charge in [0.2, 0.25) is 5.71 Å². The van der Waals surface area contributed by atoms with Gasteiger partial charge in [-0.25, -0.2) is 4.79 Å². The summed E-state index contributed by atoms with van der Waals surface area (Å²) in [5.41, 5.74) is 3.09. The van der Waals surface area contributed by atoms with Crippen molar-refractivity contribution in [3.05, 3.63) is 80.6 Å². The fraction of sp³-hybridized carbons (Fsp3) is 0.0526. The van der Waals surface area contributed by atoms with E-state index in [-0.39, 0.29) is 0 Å². The number of aromatic nitrogens is 2. The van der Waals surface area contributed by atoms with E-state index in [9.17, 15) is 4.79 Å². The molecule has 2 aromatic carbocycles. The molecule has 0 aliphatic heterocycles. The zero-order valence-corrected chi connectivity index (χ0v) is 14.7. The van der Waals surface area contributed by atoms with Crippen molar-refractivity contribution < 1.29 is 4.42 Å². The highest BCUT2D eigenvalue weighted by Crippen LogP contribution is 2.32. The molecule has 0 unspecified atom stereocenters. The molecule has 0 amide bonds. The summed E-state index contributed by atoms with van der Waals surface area (Å²) in [7, 11) is 0. The van der Waals surface area contributed by atoms with E-state index in [0.717, 1.165) is 22.2 Å². The Labute approximate surface area is 153 Å². The van der Waals surface area contributed by atoms with Crippen molar-refractivity contribution in [1.82, 2.24) is 9.78 Å². The largest absolute Gasteiger partial charge is 0.403 e. The summed E-state index contributed by atoms with van der Waals surface area (Å²) in [6.07, 6.45) is 0. The number of fused-ring (bicyclic) bond motifs is 1. The third-order valence-corrected chi connectivity index (χ3v) is 4.70. The van der Waals surface area contributed by atoms with E-state index in [1.807, 2.05) is 37.3 Å². The van der Waals surface area contributed by atoms with Crippen LogP contribution in [-0.4, -0.2) is 9.78 Å². The predicted molar refractivity (Wildman–Crippen MR) is 99.8 cm³/mol. The molecule has 4 rings (SSSR count). The number of hydrogen-bond donors (Lipinski definition) is 0. The summed E-state index contributed by atoms with van der Waals surface area (Å²) in [5.74, 6) is 0. The van der Waals surface area contributed by atoms with Crippen molar-refractivity contribution in [1.29, 1.82) is 0 Å². The van der Waals surface area contributed by atoms with Crippen molar-refractivity contribution >= 4 is 34.3 Å². The van der Waals surface area contributed by atoms with Crippen LogP contribution in [0.5, 0.6) is 0 Å². The second kappa shape index (κ2) is 6.06. The van der Waals surface area contributed by atoms with E-state index >= 15 is 0 Å². The molecule has 2 heterocycles. The number of nitrogens with zero attached hydrogens (tertiary/aromatic N) is 2. The highest BCUT2D eigenvalue weighted by molar-refractivity contribution is 6.42. The molecule has 0 radical (unpaired) electrons. The summed E-state index contributed by atoms with van der Waals surface area (Å²) in [4.78, 5) is 11.9. The van der Waals surface area contributed by atoms with Gasteiger partial charge in [-0.2, -0.15) is 9.78 Å². The Morgan fingerprint density at radius 3 is 2.48 bits per heavy atom. The Morgan fingerprint density at radius 1 is 1.00 bits per heavy atom. The van der Waals surface area contributed by atoms with Gasteiger partial charge in [-0.1, -0.05) is 53.5 Å². The zero-order valence-electron chi connectivity index (χ0n) is 13.2. The van der Waals surface area contributed by atoms with Gasteiger partial charge in [0.1, 0.15) is 5.69 Å². The van der Waals surface area contributed by atoms with Crippen molar-refractivity contribution in [2.24, 2.45) is 0 Å². The number of halogens is 2. The SMILES string of the molecule is Cc1cc(=O)oc2c1c(-c1ccccc1)nn2-c1ccc(Cl)c(Cl)c1. The fourth-order valence-corrected chi connectivity index (χ4v) is 3.11. The lowest BCUT2D eigenvalue weighted by Crippen LogP contribution is -2.01. The highest BCUT2D eigenvalue weighted by Gasteiger charge is 2.19. The minimum absolute atomic E-state index is 0.377. The van der Waals surface area contributed by atoms with Gasteiger partial charge in [-0.15, -0.1) is 0 Å². The van der Waals surface area contributed by atoms with Crippen LogP contribution in [0.4, 0.5) is 0 Å². The Bertz CT molecular complexity index is 1150. The second-order valence-electron chi connectivity index (χ2n) is 5.65. The lowest BCUT2D eigenvalue weighted by atomic mass is 10.1. The van der Waals surface area contributed by atoms with Crippen LogP contribution >= 0.6 is 23.2 Å². The van der Waals surface area contributed by atoms with Gasteiger partial charge in [0.15, 0.2) is 0 Å². The average Bonchev–Trinajstić information content (AvgIpc) is 2.98. The summed E-state index contributed by atoms with van der Waals surface area (Å²) < 4.78 is 7.05. The minimum atomic E-state index is -0.425. The standard InChI is InChI=1S/C19H12Cl2N2O2/c1-11-9-16(24)25-19-17(11)18(12-5-3-2-4-6-12)22-23(19)13-7-8-14(20)15(21)10-13/h2-10H,1H3. The van der Waals surface area contributed by atoms with E-state index in [4.69, 9.17) is 27.6 Å². The van der Waals surface area contributed by atoms with Gasteiger partial charge < -0.3 is 4.42 Å². The Morgan fingerprint density at radius 2 is 1.76 bits per heavy atom. The first-order chi connectivity index (χ1) is 12.0. The number of aryl methyl sites for hydroxylation is 1. The van der Waals surface area contributed by atoms with Gasteiger partial charge in [-0.3, -0.25) is 0 Å². The monoisotopic (exact) mass is 370 g/mol. The van der Waals surface area contributed by atoms with Crippen molar-refractivity contribution in [2.75, 3.05) is 0 Å². The molecule has 0 aliphatic rings. The fourth-order valence-electron chi connectivity index (χ4n) is 2.82. The van der Waals surface area contributed by atoms with Crippen LogP contribution in [0.1, 0.15) is 5.56 Å². The molecule has 0 fully saturated rings. The summed E-state index contributed by atoms with van der Waals surface area (Å²) in [6.45, 7) is 1.87. The Balaban J connectivity index is 2.08. The molecule has 0 bridgehead atoms. The molecule has 0 saturated heterocycles. The first-order valence-electron chi connectivity index (χ1n) is 7.59. The molecule has 0 spiro atoms. The first-order valence-corrected chi connectivity index (χ1v) is 8.34. The number of hydrogen-bond acceptors (Lipinski definition) is 3. The molecule has 124 valence electrons. The second-order valence-corrected chi connectivity index (χ2v) is 6.47. The minimum Gasteiger partial charge on any atom is -0.403 e. The van der Waals surface area contributed by atoms with Gasteiger partial charge in [0.05, 0.1) is 21.1 Å². The molecule has 0 aliphatic carbocycles. The lowest BCUT2D eigenvalue weighted by molar-refractivity contribution is 0.535. The number of benzene rings is 2. The maximum absolute atomic E-state index is 11.9. The molecule has 2 aromatic heterocycles. The van der Waals surface area contributed by atoms with E-state index in [2.05, 4.69) is 5.10 Å². The molecular formula is C19H12Cl2N2O2. The molecule has 4 nitrogen and oxygen atoms in total. The van der Waals surface area contributed by atoms with Crippen LogP contribution in [0, 0.1) is 6.92 Å². The van der Waals surface area contributed by atoms with Gasteiger partial charge >= 0.3 is 5.63 Å². The molecule has 0 atom stereocenters. The molecular weight excluding hydrogens is 359 g/mol. The van der Waals surface area contributed by atoms with Crippen LogP contribution in [0.2, 0.25) is 10.0 Å². The summed E-state index contributed by atoms with van der Waals surface area (Å²) in [5, 5.41) is 6.32. The zero-order chi connectivity index (χ0) is 17.6. The topological polar surface area (TPSA) is 48.0 Å². The average molecular weight is 371 g/mol. The van der Waals surface area contributed by atoms with Crippen LogP contribution in [0.25, 0.3) is 28.0 Å². The van der Waals surface area contributed by atoms with Crippen molar-refractivity contribution in [2.45, 2.75) is 6.92 Å². The quantitative estimate of drug-likeness (QED) is 0.483. The third kappa shape index (κ3) is 2.73. The molecule has 0 N–H and O–H groups in total. The van der Waals surface area contributed by atoms with E-state index in [0.29, 0.717) is 21.4 Å². The molecule has 25 heavy (non-hydrogen) atoms. The van der Waals surface area contributed by atoms with E-state index < -0.39 is 5.63 Å². The summed E-state index contributed by atoms with van der Waals surface area (Å²) in [6, 6.07) is 16.4. The van der Waals surface area contributed by atoms with Gasteiger partial charge in [-0.05, 0) is 30.7 Å². The smallest absolute Gasteiger partial charge is 0.337 e. The molecule has 0 saturated carbocycles. The van der Waals surface area contributed by atoms with Crippen LogP contribution in [0.15, 0.2) is 63.8 Å². The van der Waals surface area contributed by atoms with Crippen molar-refractivity contribution in [3.8, 4) is 16.9 Å². The Hall–Kier alpha value is -2.56. The van der Waals surface area contributed by atoms with E-state index in [1.54, 1.807) is 22.9 Å². The molecule has 4 aromatic rings. The number of rotatable bonds is 2. The van der Waals surface area contributed by atoms with Crippen molar-refractivity contribution in [3.63, 3.8) is 0 Å². The predicted octanol–water partition coefficient (Wildman–Crippen LogP) is 5.26. The maximum Gasteiger partial charge on any atom is 0.337 e. The maximum atomic E-state index is 11.9. The normalized spacial score (nSPS) is 11.2. The van der Waals surface area contributed by atoms with Crippen LogP contribution in [0.3, 0.4) is 0 Å². The third-order valence-electron chi connectivity index (χ3n) is 3.96. The lowest BCUT2D eigenvalue weighted by Gasteiger charge is -2.04. The highest BCUT2D eigenvalue weighted by atomic mass is 35.5. The van der Waals surface area contributed by atoms with Crippen LogP contribution < -0.4 is 5.63 Å². The van der Waals surface area contributed by atoms with Gasteiger partial charge in [0.25, 0.3) is 0 Å². The van der Waals surface area contributed by atoms with Crippen LogP contribution in [-0.2, 0) is 0 Å². The Kier molecular flexibility index (Phi) is 3.86. The summed E-state index contributed by atoms with van der Waals surface area (Å²) >= 11 is 12.1. The van der Waals surface area contributed by atoms with Gasteiger partial charge in [0, 0.05) is 11.6 Å². The van der Waals surface area contributed by atoms with E-state index in [1.165, 1.54) is 6.07 Å². The first kappa shape index (κ1) is 15.9. The molecule has 6 heteroatoms.